The molecule has 112 valence electrons. The molecule has 0 saturated heterocycles. The number of unbranched alkanes of at least 4 members (excludes halogenated alkanes) is 8. The fraction of sp³-hybridized carbons (Fsp3) is 0.750. The first-order chi connectivity index (χ1) is 9.12. The highest BCUT2D eigenvalue weighted by Crippen LogP contribution is 2.30. The lowest BCUT2D eigenvalue weighted by molar-refractivity contribution is 0.635. The summed E-state index contributed by atoms with van der Waals surface area (Å²) in [4.78, 5) is 0. The lowest BCUT2D eigenvalue weighted by atomic mass is 10.1. The Labute approximate surface area is 130 Å². The topological polar surface area (TPSA) is 0 Å². The zero-order valence-corrected chi connectivity index (χ0v) is 14.8. The van der Waals surface area contributed by atoms with Crippen LogP contribution in [0.25, 0.3) is 0 Å². The van der Waals surface area contributed by atoms with E-state index < -0.39 is 6.69 Å². The summed E-state index contributed by atoms with van der Waals surface area (Å²) in [5.74, 6) is 0. The molecule has 0 aliphatic rings. The van der Waals surface area contributed by atoms with Crippen LogP contribution in [0.5, 0.6) is 0 Å². The summed E-state index contributed by atoms with van der Waals surface area (Å²) < 4.78 is 0. The van der Waals surface area contributed by atoms with Crippen molar-refractivity contribution in [3.05, 3.63) is 25.3 Å². The highest BCUT2D eigenvalue weighted by atomic mass is 35.7. The van der Waals surface area contributed by atoms with Crippen molar-refractivity contribution in [2.24, 2.45) is 0 Å². The van der Waals surface area contributed by atoms with Crippen LogP contribution in [-0.2, 0) is 0 Å². The van der Waals surface area contributed by atoms with Gasteiger partial charge in [-0.3, -0.25) is 0 Å². The summed E-state index contributed by atoms with van der Waals surface area (Å²) in [6.07, 6.45) is 16.3. The molecule has 0 bridgehead atoms. The van der Waals surface area contributed by atoms with Crippen LogP contribution in [0.1, 0.15) is 64.2 Å². The van der Waals surface area contributed by atoms with Crippen LogP contribution in [0, 0.1) is 0 Å². The van der Waals surface area contributed by atoms with Crippen LogP contribution >= 0.6 is 22.2 Å². The quantitative estimate of drug-likeness (QED) is 0.138. The Balaban J connectivity index is 3.40. The van der Waals surface area contributed by atoms with E-state index in [1.54, 1.807) is 0 Å². The van der Waals surface area contributed by atoms with Gasteiger partial charge >= 0.3 is 0 Å². The van der Waals surface area contributed by atoms with E-state index in [0.29, 0.717) is 0 Å². The van der Waals surface area contributed by atoms with E-state index in [1.165, 1.54) is 51.4 Å². The van der Waals surface area contributed by atoms with E-state index in [1.807, 2.05) is 12.2 Å². The summed E-state index contributed by atoms with van der Waals surface area (Å²) in [7, 11) is 0. The first-order valence-electron chi connectivity index (χ1n) is 7.72. The first-order valence-corrected chi connectivity index (χ1v) is 12.2. The largest absolute Gasteiger partial charge is 0.251 e. The Kier molecular flexibility index (Phi) is 13.5. The molecule has 3 heteroatoms. The molecule has 0 N–H and O–H groups in total. The molecule has 0 fully saturated rings. The van der Waals surface area contributed by atoms with E-state index in [4.69, 9.17) is 22.2 Å². The van der Waals surface area contributed by atoms with Crippen LogP contribution < -0.4 is 0 Å². The van der Waals surface area contributed by atoms with E-state index in [0.717, 1.165) is 24.9 Å². The number of hydrogen-bond acceptors (Lipinski definition) is 0. The van der Waals surface area contributed by atoms with Gasteiger partial charge in [-0.05, 0) is 37.8 Å². The molecule has 0 atom stereocenters. The van der Waals surface area contributed by atoms with Crippen molar-refractivity contribution in [2.75, 3.05) is 0 Å². The third kappa shape index (κ3) is 14.5. The van der Waals surface area contributed by atoms with Crippen molar-refractivity contribution in [1.82, 2.24) is 0 Å². The van der Waals surface area contributed by atoms with Crippen molar-refractivity contribution in [3.8, 4) is 0 Å². The fourth-order valence-electron chi connectivity index (χ4n) is 2.18. The molecule has 0 radical (unpaired) electrons. The van der Waals surface area contributed by atoms with Crippen molar-refractivity contribution >= 4 is 28.9 Å². The van der Waals surface area contributed by atoms with Gasteiger partial charge in [-0.15, -0.1) is 35.3 Å². The van der Waals surface area contributed by atoms with Gasteiger partial charge in [0.2, 0.25) is 0 Å². The van der Waals surface area contributed by atoms with E-state index in [2.05, 4.69) is 13.2 Å². The van der Waals surface area contributed by atoms with Crippen molar-refractivity contribution in [3.63, 3.8) is 0 Å². The third-order valence-corrected chi connectivity index (χ3v) is 7.84. The SMILES string of the molecule is C=CCCCCCCC[Si](Cl)(Cl)CCCCCC=C. The number of hydrogen-bond donors (Lipinski definition) is 0. The molecule has 0 amide bonds. The lowest BCUT2D eigenvalue weighted by Gasteiger charge is -2.16. The monoisotopic (exact) mass is 320 g/mol. The molecule has 0 aromatic heterocycles. The summed E-state index contributed by atoms with van der Waals surface area (Å²) in [6.45, 7) is 5.54. The minimum atomic E-state index is -1.94. The summed E-state index contributed by atoms with van der Waals surface area (Å²) in [5.41, 5.74) is 0. The minimum absolute atomic E-state index is 1.06. The molecule has 0 heterocycles. The zero-order valence-electron chi connectivity index (χ0n) is 12.3. The minimum Gasteiger partial charge on any atom is -0.146 e. The van der Waals surface area contributed by atoms with Gasteiger partial charge in [-0.25, -0.2) is 0 Å². The molecule has 0 aliphatic heterocycles. The normalized spacial score (nSPS) is 11.5. The third-order valence-electron chi connectivity index (χ3n) is 3.40. The predicted molar refractivity (Wildman–Crippen MR) is 93.6 cm³/mol. The number of rotatable bonds is 14. The average Bonchev–Trinajstić information content (AvgIpc) is 2.37. The predicted octanol–water partition coefficient (Wildman–Crippen LogP) is 7.18. The van der Waals surface area contributed by atoms with Gasteiger partial charge in [0.15, 0.2) is 0 Å². The van der Waals surface area contributed by atoms with E-state index >= 15 is 0 Å². The van der Waals surface area contributed by atoms with Gasteiger partial charge < -0.3 is 0 Å². The maximum Gasteiger partial charge on any atom is 0.251 e. The molecule has 0 aromatic rings. The Morgan fingerprint density at radius 3 is 1.47 bits per heavy atom. The standard InChI is InChI=1S/C16H30Cl2Si/c1-3-5-7-9-10-12-14-16-19(17,18)15-13-11-8-6-4-2/h3-4H,1-2,5-16H2. The van der Waals surface area contributed by atoms with Crippen molar-refractivity contribution < 1.29 is 0 Å². The molecule has 0 aromatic carbocycles. The second-order valence-electron chi connectivity index (χ2n) is 5.34. The molecule has 0 rings (SSSR count). The van der Waals surface area contributed by atoms with Crippen LogP contribution in [0.2, 0.25) is 12.1 Å². The van der Waals surface area contributed by atoms with E-state index in [9.17, 15) is 0 Å². The maximum absolute atomic E-state index is 6.48. The van der Waals surface area contributed by atoms with Crippen LogP contribution in [0.4, 0.5) is 0 Å². The Morgan fingerprint density at radius 1 is 0.632 bits per heavy atom. The maximum atomic E-state index is 6.48. The first kappa shape index (κ1) is 19.3. The van der Waals surface area contributed by atoms with E-state index in [-0.39, 0.29) is 0 Å². The highest BCUT2D eigenvalue weighted by Gasteiger charge is 2.26. The number of allylic oxidation sites excluding steroid dienone is 2. The zero-order chi connectivity index (χ0) is 14.4. The summed E-state index contributed by atoms with van der Waals surface area (Å²) >= 11 is 13.0. The molecular weight excluding hydrogens is 291 g/mol. The second-order valence-corrected chi connectivity index (χ2v) is 13.0. The molecule has 0 nitrogen and oxygen atoms in total. The molecular formula is C16H30Cl2Si. The Bertz CT molecular complexity index is 227. The van der Waals surface area contributed by atoms with Gasteiger partial charge in [-0.2, -0.15) is 0 Å². The molecule has 0 spiro atoms. The summed E-state index contributed by atoms with van der Waals surface area (Å²) in [6, 6.07) is 2.13. The average molecular weight is 321 g/mol. The smallest absolute Gasteiger partial charge is 0.146 e. The van der Waals surface area contributed by atoms with Crippen LogP contribution in [-0.4, -0.2) is 6.69 Å². The van der Waals surface area contributed by atoms with Gasteiger partial charge in [0, 0.05) is 0 Å². The molecule has 19 heavy (non-hydrogen) atoms. The summed E-state index contributed by atoms with van der Waals surface area (Å²) in [5, 5.41) is 0. The Morgan fingerprint density at radius 2 is 1.00 bits per heavy atom. The van der Waals surface area contributed by atoms with Crippen LogP contribution in [0.15, 0.2) is 25.3 Å². The highest BCUT2D eigenvalue weighted by molar-refractivity contribution is 7.45. The van der Waals surface area contributed by atoms with Crippen LogP contribution in [0.3, 0.4) is 0 Å². The Hall–Kier alpha value is 0.277. The van der Waals surface area contributed by atoms with Crippen molar-refractivity contribution in [1.29, 1.82) is 0 Å². The molecule has 0 saturated carbocycles. The lowest BCUT2D eigenvalue weighted by Crippen LogP contribution is -2.18. The molecule has 0 unspecified atom stereocenters. The van der Waals surface area contributed by atoms with Gasteiger partial charge in [-0.1, -0.05) is 50.7 Å². The van der Waals surface area contributed by atoms with Gasteiger partial charge in [0.05, 0.1) is 0 Å². The molecule has 0 aliphatic carbocycles. The fourth-order valence-corrected chi connectivity index (χ4v) is 5.56. The van der Waals surface area contributed by atoms with Gasteiger partial charge in [0.1, 0.15) is 0 Å². The number of halogens is 2. The second kappa shape index (κ2) is 13.3. The van der Waals surface area contributed by atoms with Crippen molar-refractivity contribution in [2.45, 2.75) is 76.3 Å². The van der Waals surface area contributed by atoms with Gasteiger partial charge in [0.25, 0.3) is 6.69 Å².